The molecule has 0 bridgehead atoms. The summed E-state index contributed by atoms with van der Waals surface area (Å²) in [6, 6.07) is 5.75. The Hall–Kier alpha value is -1.62. The van der Waals surface area contributed by atoms with Crippen molar-refractivity contribution in [1.29, 1.82) is 0 Å². The normalized spacial score (nSPS) is 13.8. The van der Waals surface area contributed by atoms with Crippen molar-refractivity contribution in [3.8, 4) is 0 Å². The van der Waals surface area contributed by atoms with Crippen LogP contribution in [0.3, 0.4) is 0 Å². The van der Waals surface area contributed by atoms with Gasteiger partial charge in [-0.25, -0.2) is 0 Å². The van der Waals surface area contributed by atoms with Gasteiger partial charge in [0, 0.05) is 41.3 Å². The Labute approximate surface area is 140 Å². The topological polar surface area (TPSA) is 58.7 Å². The van der Waals surface area contributed by atoms with E-state index in [0.717, 1.165) is 41.7 Å². The number of nitrogens with zero attached hydrogens (tertiary/aromatic N) is 2. The average Bonchev–Trinajstić information content (AvgIpc) is 2.65. The Morgan fingerprint density at radius 3 is 2.64 bits per heavy atom. The van der Waals surface area contributed by atoms with Crippen LogP contribution in [0, 0.1) is 0 Å². The first kappa shape index (κ1) is 16.7. The van der Waals surface area contributed by atoms with Crippen LogP contribution in [0.1, 0.15) is 38.7 Å². The van der Waals surface area contributed by atoms with E-state index in [0.29, 0.717) is 17.7 Å². The Morgan fingerprint density at radius 1 is 1.32 bits per heavy atom. The molecule has 0 saturated carbocycles. The molecule has 0 spiro atoms. The minimum absolute atomic E-state index is 0.0309. The van der Waals surface area contributed by atoms with Gasteiger partial charge in [-0.3, -0.25) is 9.79 Å². The molecule has 0 atom stereocenters. The van der Waals surface area contributed by atoms with E-state index >= 15 is 0 Å². The molecule has 0 saturated heterocycles. The molecule has 1 heterocycles. The number of fused-ring (bicyclic) bond motifs is 1. The molecule has 2 N–H and O–H groups in total. The van der Waals surface area contributed by atoms with Gasteiger partial charge in [0.05, 0.1) is 11.4 Å². The van der Waals surface area contributed by atoms with Crippen LogP contribution in [0.2, 0.25) is 0 Å². The number of nitrogens with two attached hydrogens (primary N) is 1. The molecule has 5 heteroatoms. The maximum Gasteiger partial charge on any atom is 0.252 e. The first-order chi connectivity index (χ1) is 10.6. The van der Waals surface area contributed by atoms with Crippen molar-refractivity contribution in [2.75, 3.05) is 13.1 Å². The molecule has 0 radical (unpaired) electrons. The summed E-state index contributed by atoms with van der Waals surface area (Å²) >= 11 is 3.44. The lowest BCUT2D eigenvalue weighted by molar-refractivity contribution is -0.127. The summed E-state index contributed by atoms with van der Waals surface area (Å²) in [5.74, 6) is 0.0309. The summed E-state index contributed by atoms with van der Waals surface area (Å²) in [4.78, 5) is 19.2. The number of hydrogen-bond donors (Lipinski definition) is 1. The fourth-order valence-corrected chi connectivity index (χ4v) is 2.94. The van der Waals surface area contributed by atoms with Gasteiger partial charge in [0.2, 0.25) is 0 Å². The molecule has 4 nitrogen and oxygen atoms in total. The van der Waals surface area contributed by atoms with Crippen molar-refractivity contribution in [1.82, 2.24) is 4.90 Å². The van der Waals surface area contributed by atoms with Crippen LogP contribution >= 0.6 is 15.9 Å². The molecule has 118 valence electrons. The zero-order valence-corrected chi connectivity index (χ0v) is 14.7. The molecular weight excluding hydrogens is 342 g/mol. The van der Waals surface area contributed by atoms with Gasteiger partial charge in [0.25, 0.3) is 5.91 Å². The second-order valence-electron chi connectivity index (χ2n) is 5.36. The Bertz CT molecular complexity index is 616. The van der Waals surface area contributed by atoms with E-state index in [1.165, 1.54) is 0 Å². The number of carbonyl (C=O) groups is 1. The van der Waals surface area contributed by atoms with Crippen LogP contribution in [-0.2, 0) is 4.79 Å². The lowest BCUT2D eigenvalue weighted by Crippen LogP contribution is -2.34. The van der Waals surface area contributed by atoms with Crippen molar-refractivity contribution in [2.24, 2.45) is 10.7 Å². The average molecular weight is 364 g/mol. The number of carbonyl (C=O) groups excluding carboxylic acids is 1. The molecule has 1 aliphatic rings. The smallest absolute Gasteiger partial charge is 0.252 e. The maximum absolute atomic E-state index is 12.8. The van der Waals surface area contributed by atoms with Gasteiger partial charge < -0.3 is 10.6 Å². The van der Waals surface area contributed by atoms with E-state index in [4.69, 9.17) is 5.73 Å². The van der Waals surface area contributed by atoms with Crippen molar-refractivity contribution in [3.05, 3.63) is 33.8 Å². The van der Waals surface area contributed by atoms with Gasteiger partial charge in [-0.1, -0.05) is 29.8 Å². The number of rotatable bonds is 5. The van der Waals surface area contributed by atoms with Gasteiger partial charge in [0.1, 0.15) is 0 Å². The highest BCUT2D eigenvalue weighted by Crippen LogP contribution is 2.32. The summed E-state index contributed by atoms with van der Waals surface area (Å²) in [6.07, 6.45) is 4.13. The quantitative estimate of drug-likeness (QED) is 0.862. The highest BCUT2D eigenvalue weighted by atomic mass is 79.9. The number of amides is 1. The fraction of sp³-hybridized carbons (Fsp3) is 0.412. The van der Waals surface area contributed by atoms with Gasteiger partial charge >= 0.3 is 0 Å². The second kappa shape index (κ2) is 7.58. The first-order valence-corrected chi connectivity index (χ1v) is 8.48. The number of benzene rings is 1. The molecule has 1 aromatic carbocycles. The lowest BCUT2D eigenvalue weighted by atomic mass is 10.0. The summed E-state index contributed by atoms with van der Waals surface area (Å²) in [5.41, 5.74) is 9.12. The molecule has 0 unspecified atom stereocenters. The Balaban J connectivity index is 2.41. The molecule has 22 heavy (non-hydrogen) atoms. The van der Waals surface area contributed by atoms with Crippen LogP contribution in [-0.4, -0.2) is 30.1 Å². The van der Waals surface area contributed by atoms with Crippen LogP contribution in [0.4, 0.5) is 5.69 Å². The molecule has 0 aliphatic carbocycles. The van der Waals surface area contributed by atoms with Crippen molar-refractivity contribution >= 4 is 39.4 Å². The van der Waals surface area contributed by atoms with Gasteiger partial charge in [-0.15, -0.1) is 0 Å². The lowest BCUT2D eigenvalue weighted by Gasteiger charge is -2.23. The van der Waals surface area contributed by atoms with Crippen molar-refractivity contribution in [3.63, 3.8) is 0 Å². The number of hydrogen-bond acceptors (Lipinski definition) is 3. The van der Waals surface area contributed by atoms with Gasteiger partial charge in [0.15, 0.2) is 0 Å². The minimum atomic E-state index is 0.0309. The monoisotopic (exact) mass is 363 g/mol. The second-order valence-corrected chi connectivity index (χ2v) is 6.28. The van der Waals surface area contributed by atoms with E-state index < -0.39 is 0 Å². The van der Waals surface area contributed by atoms with E-state index in [-0.39, 0.29) is 5.91 Å². The van der Waals surface area contributed by atoms with E-state index in [1.807, 2.05) is 23.1 Å². The number of halogens is 1. The molecule has 2 rings (SSSR count). The predicted molar refractivity (Wildman–Crippen MR) is 95.2 cm³/mol. The summed E-state index contributed by atoms with van der Waals surface area (Å²) in [5, 5.41) is 0. The zero-order chi connectivity index (χ0) is 16.1. The summed E-state index contributed by atoms with van der Waals surface area (Å²) in [7, 11) is 0. The fourth-order valence-electron chi connectivity index (χ4n) is 2.60. The third-order valence-electron chi connectivity index (χ3n) is 3.63. The molecule has 0 aromatic heterocycles. The van der Waals surface area contributed by atoms with Gasteiger partial charge in [-0.05, 0) is 31.0 Å². The third-order valence-corrected chi connectivity index (χ3v) is 4.13. The number of aliphatic imine (C=N–C) groups is 1. The Morgan fingerprint density at radius 2 is 2.00 bits per heavy atom. The Kier molecular flexibility index (Phi) is 5.77. The molecular formula is C17H22BrN3O. The summed E-state index contributed by atoms with van der Waals surface area (Å²) in [6.45, 7) is 5.67. The highest BCUT2D eigenvalue weighted by Gasteiger charge is 2.22. The van der Waals surface area contributed by atoms with Crippen LogP contribution in [0.5, 0.6) is 0 Å². The van der Waals surface area contributed by atoms with Crippen LogP contribution in [0.15, 0.2) is 33.2 Å². The van der Waals surface area contributed by atoms with E-state index in [1.54, 1.807) is 6.21 Å². The van der Waals surface area contributed by atoms with E-state index in [9.17, 15) is 4.79 Å². The first-order valence-electron chi connectivity index (χ1n) is 7.68. The SMILES string of the molecule is CCCN(CCC)C(=O)C1=C(N)c2ccc(Br)cc2N=CC1. The predicted octanol–water partition coefficient (Wildman–Crippen LogP) is 3.87. The van der Waals surface area contributed by atoms with Crippen LogP contribution in [0.25, 0.3) is 5.70 Å². The standard InChI is InChI=1S/C17H22BrN3O/c1-3-9-21(10-4-2)17(22)14-7-8-20-15-11-12(18)5-6-13(15)16(14)19/h5-6,8,11H,3-4,7,9-10,19H2,1-2H3. The van der Waals surface area contributed by atoms with Crippen molar-refractivity contribution in [2.45, 2.75) is 33.1 Å². The molecule has 1 amide bonds. The maximum atomic E-state index is 12.8. The highest BCUT2D eigenvalue weighted by molar-refractivity contribution is 9.10. The molecule has 1 aliphatic heterocycles. The van der Waals surface area contributed by atoms with Crippen LogP contribution < -0.4 is 5.73 Å². The largest absolute Gasteiger partial charge is 0.398 e. The molecule has 0 fully saturated rings. The molecule has 1 aromatic rings. The third kappa shape index (κ3) is 3.58. The summed E-state index contributed by atoms with van der Waals surface area (Å²) < 4.78 is 0.949. The van der Waals surface area contributed by atoms with Crippen molar-refractivity contribution < 1.29 is 4.79 Å². The zero-order valence-electron chi connectivity index (χ0n) is 13.1. The van der Waals surface area contributed by atoms with E-state index in [2.05, 4.69) is 34.8 Å². The van der Waals surface area contributed by atoms with Gasteiger partial charge in [-0.2, -0.15) is 0 Å². The minimum Gasteiger partial charge on any atom is -0.398 e.